The largest absolute Gasteiger partial charge is 2.00 e. The van der Waals surface area contributed by atoms with Crippen LogP contribution in [0.15, 0.2) is 158 Å². The van der Waals surface area contributed by atoms with E-state index in [9.17, 15) is 0 Å². The van der Waals surface area contributed by atoms with Gasteiger partial charge in [0.05, 0.1) is 0 Å². The van der Waals surface area contributed by atoms with Crippen LogP contribution in [0.1, 0.15) is 27.7 Å². The molecule has 0 aliphatic rings. The standard InChI is InChI=1S/C36H32N2Si2.2C4H10O.2BrH.2Mg/c1-39(30-19-7-3-8-20-30,31-21-9-4-10-22-31)37-34-27-15-17-29-18-16-28-35(36(29)34)38-40(2,32-23-11-5-12-24-32)33-25-13-6-14-26-33;2*1-3-5-4-2;;;;/h3-28H,1-2H3;2*3-4H2,1-2H3;2*1H;;/q-2;;;;;2*+2/p-2. The van der Waals surface area contributed by atoms with Crippen molar-refractivity contribution in [3.8, 4) is 0 Å². The van der Waals surface area contributed by atoms with Crippen LogP contribution in [-0.2, 0) is 9.47 Å². The predicted molar refractivity (Wildman–Crippen MR) is 233 cm³/mol. The third kappa shape index (κ3) is 14.2. The van der Waals surface area contributed by atoms with Crippen LogP contribution in [-0.4, -0.2) is 89.0 Å². The Balaban J connectivity index is 0.00000179. The molecule has 6 aromatic carbocycles. The number of fused-ring (bicyclic) bond motifs is 1. The molecule has 0 spiro atoms. The number of nitrogens with zero attached hydrogens (tertiary/aromatic N) is 2. The molecule has 4 nitrogen and oxygen atoms in total. The van der Waals surface area contributed by atoms with Gasteiger partial charge in [0.2, 0.25) is 0 Å². The minimum absolute atomic E-state index is 0. The van der Waals surface area contributed by atoms with E-state index in [2.05, 4.69) is 171 Å². The number of halogens is 2. The average molecular weight is 906 g/mol. The van der Waals surface area contributed by atoms with Crippen molar-refractivity contribution in [2.24, 2.45) is 0 Å². The third-order valence-corrected chi connectivity index (χ3v) is 15.9. The van der Waals surface area contributed by atoms with Crippen molar-refractivity contribution in [1.29, 1.82) is 0 Å². The molecule has 0 heterocycles. The Labute approximate surface area is 380 Å². The Kier molecular flexibility index (Phi) is 26.6. The molecule has 276 valence electrons. The summed E-state index contributed by atoms with van der Waals surface area (Å²) in [5.74, 6) is 0. The van der Waals surface area contributed by atoms with Gasteiger partial charge in [-0.1, -0.05) is 192 Å². The second kappa shape index (κ2) is 27.6. The van der Waals surface area contributed by atoms with Crippen molar-refractivity contribution >= 4 is 105 Å². The molecule has 0 aliphatic carbocycles. The van der Waals surface area contributed by atoms with Crippen LogP contribution in [0.2, 0.25) is 13.1 Å². The first-order chi connectivity index (χ1) is 24.4. The van der Waals surface area contributed by atoms with Crippen molar-refractivity contribution in [2.75, 3.05) is 26.4 Å². The van der Waals surface area contributed by atoms with Crippen LogP contribution >= 0.6 is 0 Å². The smallest absolute Gasteiger partial charge is 1.00 e. The molecule has 6 aromatic rings. The van der Waals surface area contributed by atoms with E-state index < -0.39 is 16.5 Å². The Morgan fingerprint density at radius 1 is 0.389 bits per heavy atom. The predicted octanol–water partition coefficient (Wildman–Crippen LogP) is 2.96. The van der Waals surface area contributed by atoms with Gasteiger partial charge in [0.1, 0.15) is 0 Å². The third-order valence-electron chi connectivity index (χ3n) is 8.71. The number of rotatable bonds is 12. The SMILES string of the molecule is CCOCC.CCOCC.C[Si]([N-]c1cccc2cccc([N-][Si](C)(c3ccccc3)c3ccccc3)c12)(c1ccccc1)c1ccccc1.[Br-].[Br-].[Mg+2].[Mg+2]. The summed E-state index contributed by atoms with van der Waals surface area (Å²) < 4.78 is 9.67. The zero-order valence-corrected chi connectivity index (χ0v) is 40.7. The maximum atomic E-state index is 5.69. The molecular weight excluding hydrogens is 853 g/mol. The average Bonchev–Trinajstić information content (AvgIpc) is 3.17. The topological polar surface area (TPSA) is 46.7 Å². The molecule has 0 aromatic heterocycles. The zero-order valence-electron chi connectivity index (χ0n) is 32.7. The van der Waals surface area contributed by atoms with Crippen molar-refractivity contribution in [1.82, 2.24) is 0 Å². The van der Waals surface area contributed by atoms with Gasteiger partial charge in [-0.25, -0.2) is 0 Å². The fourth-order valence-corrected chi connectivity index (χ4v) is 11.9. The molecule has 0 unspecified atom stereocenters. The summed E-state index contributed by atoms with van der Waals surface area (Å²) in [4.78, 5) is 11.4. The van der Waals surface area contributed by atoms with E-state index >= 15 is 0 Å². The summed E-state index contributed by atoms with van der Waals surface area (Å²) in [5.41, 5.74) is 2.02. The zero-order chi connectivity index (χ0) is 35.7. The van der Waals surface area contributed by atoms with Gasteiger partial charge in [-0.05, 0) is 38.5 Å². The second-order valence-electron chi connectivity index (χ2n) is 12.0. The quantitative estimate of drug-likeness (QED) is 0.178. The van der Waals surface area contributed by atoms with Crippen molar-refractivity contribution in [3.63, 3.8) is 0 Å². The Bertz CT molecular complexity index is 1630. The molecule has 10 heteroatoms. The van der Waals surface area contributed by atoms with Gasteiger partial charge < -0.3 is 53.4 Å². The maximum absolute atomic E-state index is 5.69. The minimum atomic E-state index is -2.47. The fourth-order valence-electron chi connectivity index (χ4n) is 6.02. The molecule has 0 N–H and O–H groups in total. The molecule has 0 atom stereocenters. The number of hydrogen-bond acceptors (Lipinski definition) is 2. The van der Waals surface area contributed by atoms with E-state index in [0.29, 0.717) is 0 Å². The van der Waals surface area contributed by atoms with Crippen LogP contribution in [0.5, 0.6) is 0 Å². The number of ether oxygens (including phenoxy) is 2. The second-order valence-corrected chi connectivity index (χ2v) is 19.1. The van der Waals surface area contributed by atoms with E-state index in [1.54, 1.807) is 0 Å². The number of hydrogen-bond donors (Lipinski definition) is 0. The summed E-state index contributed by atoms with van der Waals surface area (Å²) in [5, 5.41) is 7.46. The van der Waals surface area contributed by atoms with Crippen LogP contribution in [0, 0.1) is 0 Å². The monoisotopic (exact) mass is 902 g/mol. The van der Waals surface area contributed by atoms with Crippen LogP contribution in [0.3, 0.4) is 0 Å². The number of benzene rings is 6. The van der Waals surface area contributed by atoms with Crippen molar-refractivity contribution in [2.45, 2.75) is 40.8 Å². The van der Waals surface area contributed by atoms with Gasteiger partial charge in [0, 0.05) is 42.9 Å². The molecule has 6 rings (SSSR count). The van der Waals surface area contributed by atoms with Crippen LogP contribution in [0.4, 0.5) is 11.4 Å². The summed E-state index contributed by atoms with van der Waals surface area (Å²) in [7, 11) is -4.95. The van der Waals surface area contributed by atoms with E-state index in [1.165, 1.54) is 20.7 Å². The van der Waals surface area contributed by atoms with Gasteiger partial charge in [-0.15, -0.1) is 11.4 Å². The van der Waals surface area contributed by atoms with Gasteiger partial charge >= 0.3 is 46.1 Å². The summed E-state index contributed by atoms with van der Waals surface area (Å²) >= 11 is 0. The molecule has 0 bridgehead atoms. The normalized spacial score (nSPS) is 10.3. The molecule has 54 heavy (non-hydrogen) atoms. The molecule has 0 saturated heterocycles. The summed E-state index contributed by atoms with van der Waals surface area (Å²) in [6, 6.07) is 56.1. The van der Waals surface area contributed by atoms with Crippen molar-refractivity contribution < 1.29 is 43.4 Å². The molecular formula is C44H52Br2Mg2N2O2Si2. The van der Waals surface area contributed by atoms with Crippen LogP contribution < -0.4 is 54.7 Å². The van der Waals surface area contributed by atoms with E-state index in [1.807, 2.05) is 27.7 Å². The fraction of sp³-hybridized carbons (Fsp3) is 0.227. The van der Waals surface area contributed by atoms with Gasteiger partial charge in [0.25, 0.3) is 0 Å². The van der Waals surface area contributed by atoms with Crippen LogP contribution in [0.25, 0.3) is 20.7 Å². The first-order valence-electron chi connectivity index (χ1n) is 17.8. The summed E-state index contributed by atoms with van der Waals surface area (Å²) in [6.45, 7) is 16.0. The summed E-state index contributed by atoms with van der Waals surface area (Å²) in [6.07, 6.45) is 0. The Morgan fingerprint density at radius 2 is 0.648 bits per heavy atom. The minimum Gasteiger partial charge on any atom is -1.00 e. The molecule has 0 fully saturated rings. The van der Waals surface area contributed by atoms with Gasteiger partial charge in [0.15, 0.2) is 0 Å². The maximum Gasteiger partial charge on any atom is 2.00 e. The van der Waals surface area contributed by atoms with E-state index in [4.69, 9.17) is 19.4 Å². The van der Waals surface area contributed by atoms with Crippen molar-refractivity contribution in [3.05, 3.63) is 168 Å². The first kappa shape index (κ1) is 52.0. The first-order valence-corrected chi connectivity index (χ1v) is 22.7. The molecule has 0 aliphatic heterocycles. The molecule has 0 radical (unpaired) electrons. The Hall–Kier alpha value is -1.97. The van der Waals surface area contributed by atoms with Gasteiger partial charge in [-0.2, -0.15) is 0 Å². The van der Waals surface area contributed by atoms with Gasteiger partial charge in [-0.3, -0.25) is 0 Å². The molecule has 0 amide bonds. The Morgan fingerprint density at radius 3 is 0.870 bits per heavy atom. The van der Waals surface area contributed by atoms with E-state index in [0.717, 1.165) is 48.6 Å². The molecule has 0 saturated carbocycles. The van der Waals surface area contributed by atoms with E-state index in [-0.39, 0.29) is 80.1 Å².